The molecule has 10 heteroatoms. The molecule has 140 valence electrons. The van der Waals surface area contributed by atoms with Gasteiger partial charge < -0.3 is 10.2 Å². The first-order chi connectivity index (χ1) is 12.8. The Morgan fingerprint density at radius 1 is 1.33 bits per heavy atom. The number of benzene rings is 1. The molecule has 0 radical (unpaired) electrons. The van der Waals surface area contributed by atoms with E-state index in [1.54, 1.807) is 6.92 Å². The summed E-state index contributed by atoms with van der Waals surface area (Å²) in [5.41, 5.74) is -0.598. The highest BCUT2D eigenvalue weighted by atomic mass is 16.6. The normalized spacial score (nSPS) is 11.3. The molecular weight excluding hydrogens is 354 g/mol. The van der Waals surface area contributed by atoms with E-state index in [9.17, 15) is 25.1 Å². The van der Waals surface area contributed by atoms with E-state index < -0.39 is 10.5 Å². The van der Waals surface area contributed by atoms with Crippen LogP contribution in [0, 0.1) is 17.0 Å². The largest absolute Gasteiger partial charge is 0.506 e. The van der Waals surface area contributed by atoms with Crippen molar-refractivity contribution in [2.45, 2.75) is 13.5 Å². The van der Waals surface area contributed by atoms with Crippen LogP contribution in [0.5, 0.6) is 11.6 Å². The Balaban J connectivity index is 2.67. The lowest BCUT2D eigenvalue weighted by molar-refractivity contribution is -0.384. The number of hydrogen-bond donors (Lipinski definition) is 2. The maximum absolute atomic E-state index is 12.6. The highest BCUT2D eigenvalue weighted by Gasteiger charge is 2.18. The second kappa shape index (κ2) is 8.04. The van der Waals surface area contributed by atoms with Crippen molar-refractivity contribution in [3.05, 3.63) is 62.4 Å². The zero-order chi connectivity index (χ0) is 20.1. The molecule has 2 aromatic rings. The van der Waals surface area contributed by atoms with Gasteiger partial charge in [-0.15, -0.1) is 16.8 Å². The Morgan fingerprint density at radius 2 is 2.04 bits per heavy atom. The zero-order valence-electron chi connectivity index (χ0n) is 14.7. The molecule has 0 unspecified atom stereocenters. The number of phenols is 1. The number of nitro groups is 1. The topological polar surface area (TPSA) is 143 Å². The fraction of sp³-hybridized carbons (Fsp3) is 0.176. The third-order valence-corrected chi connectivity index (χ3v) is 3.70. The first kappa shape index (κ1) is 19.5. The minimum Gasteiger partial charge on any atom is -0.506 e. The Labute approximate surface area is 153 Å². The van der Waals surface area contributed by atoms with Gasteiger partial charge in [0.1, 0.15) is 11.4 Å². The van der Waals surface area contributed by atoms with Crippen LogP contribution in [0.15, 0.2) is 50.9 Å². The van der Waals surface area contributed by atoms with Gasteiger partial charge in [0.2, 0.25) is 5.88 Å². The van der Waals surface area contributed by atoms with Gasteiger partial charge in [0, 0.05) is 31.9 Å². The molecule has 0 fully saturated rings. The molecule has 1 heterocycles. The van der Waals surface area contributed by atoms with Crippen molar-refractivity contribution in [2.75, 3.05) is 7.05 Å². The number of aliphatic imine (C=N–C) groups is 1. The Bertz CT molecular complexity index is 1020. The molecule has 0 aliphatic rings. The van der Waals surface area contributed by atoms with Crippen molar-refractivity contribution >= 4 is 23.3 Å². The summed E-state index contributed by atoms with van der Waals surface area (Å²) in [5.74, 6) is -0.623. The fourth-order valence-corrected chi connectivity index (χ4v) is 2.33. The summed E-state index contributed by atoms with van der Waals surface area (Å²) >= 11 is 0. The average Bonchev–Trinajstić information content (AvgIpc) is 2.63. The number of allylic oxidation sites excluding steroid dienone is 1. The summed E-state index contributed by atoms with van der Waals surface area (Å²) in [5, 5.41) is 38.6. The van der Waals surface area contributed by atoms with E-state index in [1.807, 2.05) is 0 Å². The first-order valence-electron chi connectivity index (χ1n) is 7.70. The van der Waals surface area contributed by atoms with Gasteiger partial charge >= 0.3 is 0 Å². The van der Waals surface area contributed by atoms with Crippen molar-refractivity contribution in [2.24, 2.45) is 15.2 Å². The number of rotatable bonds is 6. The summed E-state index contributed by atoms with van der Waals surface area (Å²) in [6.45, 7) is 5.12. The second-order valence-electron chi connectivity index (χ2n) is 5.43. The molecule has 0 aliphatic heterocycles. The van der Waals surface area contributed by atoms with Crippen LogP contribution in [0.4, 0.5) is 17.1 Å². The second-order valence-corrected chi connectivity index (χ2v) is 5.43. The molecule has 27 heavy (non-hydrogen) atoms. The Hall–Kier alpha value is -3.82. The third-order valence-electron chi connectivity index (χ3n) is 3.70. The predicted octanol–water partition coefficient (Wildman–Crippen LogP) is 3.13. The Morgan fingerprint density at radius 3 is 2.63 bits per heavy atom. The summed E-state index contributed by atoms with van der Waals surface area (Å²) in [6, 6.07) is 3.26. The van der Waals surface area contributed by atoms with Crippen LogP contribution in [-0.2, 0) is 6.54 Å². The van der Waals surface area contributed by atoms with E-state index in [0.717, 1.165) is 22.8 Å². The maximum atomic E-state index is 12.6. The number of phenolic OH excluding ortho intramolecular Hbond substituents is 1. The number of nitro benzene ring substituents is 1. The molecular formula is C17H17N5O5. The van der Waals surface area contributed by atoms with Crippen LogP contribution >= 0.6 is 0 Å². The first-order valence-corrected chi connectivity index (χ1v) is 7.70. The van der Waals surface area contributed by atoms with Crippen LogP contribution in [0.3, 0.4) is 0 Å². The minimum absolute atomic E-state index is 0.0279. The lowest BCUT2D eigenvalue weighted by atomic mass is 10.1. The monoisotopic (exact) mass is 371 g/mol. The smallest absolute Gasteiger partial charge is 0.281 e. The number of pyridine rings is 1. The summed E-state index contributed by atoms with van der Waals surface area (Å²) in [4.78, 5) is 26.7. The number of aromatic nitrogens is 1. The van der Waals surface area contributed by atoms with E-state index in [4.69, 9.17) is 0 Å². The minimum atomic E-state index is -0.642. The number of non-ortho nitro benzene ring substituents is 1. The molecule has 0 aliphatic carbocycles. The van der Waals surface area contributed by atoms with Gasteiger partial charge in [-0.05, 0) is 18.6 Å². The lowest BCUT2D eigenvalue weighted by Crippen LogP contribution is -2.21. The number of aromatic hydroxyl groups is 2. The summed E-state index contributed by atoms with van der Waals surface area (Å²) < 4.78 is 1.04. The predicted molar refractivity (Wildman–Crippen MR) is 99.8 cm³/mol. The molecule has 10 nitrogen and oxygen atoms in total. The van der Waals surface area contributed by atoms with E-state index in [-0.39, 0.29) is 40.8 Å². The van der Waals surface area contributed by atoms with Crippen molar-refractivity contribution in [1.82, 2.24) is 4.57 Å². The molecule has 2 rings (SSSR count). The molecule has 0 amide bonds. The fourth-order valence-electron chi connectivity index (χ4n) is 2.33. The Kier molecular flexibility index (Phi) is 5.81. The van der Waals surface area contributed by atoms with E-state index >= 15 is 0 Å². The molecule has 0 saturated carbocycles. The SMILES string of the molecule is C=CCn1c(O)c(C=NC)c(C)c(N=Nc2cc([N+](=O)[O-])ccc2O)c1=O. The molecule has 0 bridgehead atoms. The summed E-state index contributed by atoms with van der Waals surface area (Å²) in [6.07, 6.45) is 2.80. The van der Waals surface area contributed by atoms with Gasteiger partial charge in [0.05, 0.1) is 10.5 Å². The van der Waals surface area contributed by atoms with E-state index in [1.165, 1.54) is 19.3 Å². The van der Waals surface area contributed by atoms with Gasteiger partial charge in [0.25, 0.3) is 11.2 Å². The third kappa shape index (κ3) is 3.89. The van der Waals surface area contributed by atoms with Crippen LogP contribution < -0.4 is 5.56 Å². The van der Waals surface area contributed by atoms with Crippen LogP contribution in [-0.4, -0.2) is 33.0 Å². The van der Waals surface area contributed by atoms with Gasteiger partial charge in [-0.1, -0.05) is 6.08 Å². The molecule has 1 aromatic carbocycles. The molecule has 1 aromatic heterocycles. The number of azo groups is 1. The van der Waals surface area contributed by atoms with Crippen molar-refractivity contribution in [3.8, 4) is 11.6 Å². The molecule has 0 saturated heterocycles. The maximum Gasteiger partial charge on any atom is 0.281 e. The van der Waals surface area contributed by atoms with Crippen molar-refractivity contribution in [1.29, 1.82) is 0 Å². The number of hydrogen-bond acceptors (Lipinski definition) is 8. The molecule has 2 N–H and O–H groups in total. The molecule has 0 spiro atoms. The quantitative estimate of drug-likeness (QED) is 0.264. The zero-order valence-corrected chi connectivity index (χ0v) is 14.7. The van der Waals surface area contributed by atoms with Gasteiger partial charge in [-0.2, -0.15) is 0 Å². The van der Waals surface area contributed by atoms with Crippen LogP contribution in [0.1, 0.15) is 11.1 Å². The highest BCUT2D eigenvalue weighted by Crippen LogP contribution is 2.32. The lowest BCUT2D eigenvalue weighted by Gasteiger charge is -2.12. The van der Waals surface area contributed by atoms with Crippen LogP contribution in [0.2, 0.25) is 0 Å². The van der Waals surface area contributed by atoms with Gasteiger partial charge in [-0.25, -0.2) is 0 Å². The highest BCUT2D eigenvalue weighted by molar-refractivity contribution is 5.86. The average molecular weight is 371 g/mol. The van der Waals surface area contributed by atoms with E-state index in [0.29, 0.717) is 5.56 Å². The number of nitrogens with zero attached hydrogens (tertiary/aromatic N) is 5. The van der Waals surface area contributed by atoms with Crippen LogP contribution in [0.25, 0.3) is 0 Å². The van der Waals surface area contributed by atoms with Crippen molar-refractivity contribution in [3.63, 3.8) is 0 Å². The standard InChI is InChI=1S/C17H17N5O5/c1-4-7-21-16(24)12(9-18-3)10(2)15(17(21)25)20-19-13-8-11(22(26)27)5-6-14(13)23/h4-6,8-9,23-24H,1,7H2,2-3H3. The van der Waals surface area contributed by atoms with Crippen molar-refractivity contribution < 1.29 is 15.1 Å². The van der Waals surface area contributed by atoms with Gasteiger partial charge in [0.15, 0.2) is 5.69 Å². The summed E-state index contributed by atoms with van der Waals surface area (Å²) in [7, 11) is 1.50. The van der Waals surface area contributed by atoms with Gasteiger partial charge in [-0.3, -0.25) is 24.5 Å². The molecule has 0 atom stereocenters. The van der Waals surface area contributed by atoms with E-state index in [2.05, 4.69) is 21.8 Å².